The SMILES string of the molecule is CC(N)CCC(=O)N1CCCN(C(=O)Cc2cccc(F)c2)CC1.Cl. The first-order valence-electron chi connectivity index (χ1n) is 8.51. The molecule has 1 fully saturated rings. The zero-order valence-electron chi connectivity index (χ0n) is 14.6. The van der Waals surface area contributed by atoms with Gasteiger partial charge in [-0.2, -0.15) is 0 Å². The van der Waals surface area contributed by atoms with Gasteiger partial charge in [0.25, 0.3) is 0 Å². The first kappa shape index (κ1) is 21.4. The van der Waals surface area contributed by atoms with Crippen LogP contribution in [0.2, 0.25) is 0 Å². The van der Waals surface area contributed by atoms with Gasteiger partial charge in [-0.25, -0.2) is 4.39 Å². The minimum Gasteiger partial charge on any atom is -0.341 e. The number of halogens is 2. The Kier molecular flexibility index (Phi) is 8.86. The maximum absolute atomic E-state index is 13.2. The highest BCUT2D eigenvalue weighted by Gasteiger charge is 2.22. The number of nitrogens with zero attached hydrogens (tertiary/aromatic N) is 2. The van der Waals surface area contributed by atoms with Crippen LogP contribution in [0.25, 0.3) is 0 Å². The van der Waals surface area contributed by atoms with E-state index < -0.39 is 0 Å². The second-order valence-electron chi connectivity index (χ2n) is 6.44. The molecule has 5 nitrogen and oxygen atoms in total. The van der Waals surface area contributed by atoms with Gasteiger partial charge in [0.2, 0.25) is 11.8 Å². The monoisotopic (exact) mass is 371 g/mol. The zero-order chi connectivity index (χ0) is 17.5. The number of amides is 2. The highest BCUT2D eigenvalue weighted by Crippen LogP contribution is 2.10. The summed E-state index contributed by atoms with van der Waals surface area (Å²) in [7, 11) is 0. The van der Waals surface area contributed by atoms with Crippen molar-refractivity contribution in [1.82, 2.24) is 9.80 Å². The quantitative estimate of drug-likeness (QED) is 0.860. The fourth-order valence-corrected chi connectivity index (χ4v) is 2.86. The molecule has 0 spiro atoms. The number of nitrogens with two attached hydrogens (primary N) is 1. The van der Waals surface area contributed by atoms with Crippen LogP contribution < -0.4 is 5.73 Å². The van der Waals surface area contributed by atoms with E-state index in [2.05, 4.69) is 0 Å². The number of rotatable bonds is 5. The van der Waals surface area contributed by atoms with Gasteiger partial charge < -0.3 is 15.5 Å². The van der Waals surface area contributed by atoms with Crippen LogP contribution in [0.15, 0.2) is 24.3 Å². The smallest absolute Gasteiger partial charge is 0.227 e. The van der Waals surface area contributed by atoms with Crippen LogP contribution in [0.5, 0.6) is 0 Å². The van der Waals surface area contributed by atoms with Gasteiger partial charge in [-0.1, -0.05) is 12.1 Å². The maximum Gasteiger partial charge on any atom is 0.227 e. The molecular formula is C18H27ClFN3O2. The molecule has 1 heterocycles. The highest BCUT2D eigenvalue weighted by molar-refractivity contribution is 5.85. The third kappa shape index (κ3) is 7.00. The Bertz CT molecular complexity index is 583. The van der Waals surface area contributed by atoms with Crippen molar-refractivity contribution >= 4 is 24.2 Å². The van der Waals surface area contributed by atoms with E-state index in [1.54, 1.807) is 17.0 Å². The standard InChI is InChI=1S/C18H26FN3O2.ClH/c1-14(20)6-7-17(23)21-8-3-9-22(11-10-21)18(24)13-15-4-2-5-16(19)12-15;/h2,4-5,12,14H,3,6-11,13,20H2,1H3;1H. The highest BCUT2D eigenvalue weighted by atomic mass is 35.5. The first-order valence-corrected chi connectivity index (χ1v) is 8.51. The summed E-state index contributed by atoms with van der Waals surface area (Å²) < 4.78 is 13.2. The fraction of sp³-hybridized carbons (Fsp3) is 0.556. The Morgan fingerprint density at radius 2 is 1.80 bits per heavy atom. The minimum atomic E-state index is -0.331. The molecular weight excluding hydrogens is 345 g/mol. The molecule has 7 heteroatoms. The summed E-state index contributed by atoms with van der Waals surface area (Å²) in [5.74, 6) is -0.251. The number of carbonyl (C=O) groups excluding carboxylic acids is 2. The normalized spacial score (nSPS) is 16.0. The van der Waals surface area contributed by atoms with Gasteiger partial charge >= 0.3 is 0 Å². The number of benzene rings is 1. The molecule has 1 aliphatic rings. The lowest BCUT2D eigenvalue weighted by molar-refractivity contribution is -0.133. The number of hydrogen-bond acceptors (Lipinski definition) is 3. The Balaban J connectivity index is 0.00000312. The van der Waals surface area contributed by atoms with Gasteiger partial charge in [0.05, 0.1) is 6.42 Å². The van der Waals surface area contributed by atoms with E-state index in [9.17, 15) is 14.0 Å². The Labute approximate surface area is 154 Å². The van der Waals surface area contributed by atoms with Crippen LogP contribution in [0.3, 0.4) is 0 Å². The van der Waals surface area contributed by atoms with Gasteiger partial charge in [-0.3, -0.25) is 9.59 Å². The van der Waals surface area contributed by atoms with E-state index in [0.717, 1.165) is 6.42 Å². The molecule has 1 aromatic carbocycles. The Hall–Kier alpha value is -1.66. The molecule has 1 unspecified atom stereocenters. The average Bonchev–Trinajstić information content (AvgIpc) is 2.78. The summed E-state index contributed by atoms with van der Waals surface area (Å²) in [4.78, 5) is 28.2. The predicted octanol–water partition coefficient (Wildman–Crippen LogP) is 1.98. The third-order valence-corrected chi connectivity index (χ3v) is 4.26. The zero-order valence-corrected chi connectivity index (χ0v) is 15.4. The van der Waals surface area contributed by atoms with Crippen LogP contribution in [0.4, 0.5) is 4.39 Å². The summed E-state index contributed by atoms with van der Waals surface area (Å²) in [5, 5.41) is 0. The van der Waals surface area contributed by atoms with Gasteiger partial charge in [0.15, 0.2) is 0 Å². The lowest BCUT2D eigenvalue weighted by Gasteiger charge is -2.22. The van der Waals surface area contributed by atoms with Crippen LogP contribution in [-0.2, 0) is 16.0 Å². The van der Waals surface area contributed by atoms with E-state index in [4.69, 9.17) is 5.73 Å². The van der Waals surface area contributed by atoms with Crippen molar-refractivity contribution in [3.05, 3.63) is 35.6 Å². The van der Waals surface area contributed by atoms with Crippen molar-refractivity contribution in [3.8, 4) is 0 Å². The summed E-state index contributed by atoms with van der Waals surface area (Å²) >= 11 is 0. The molecule has 0 aromatic heterocycles. The minimum absolute atomic E-state index is 0. The molecule has 0 radical (unpaired) electrons. The molecule has 1 aliphatic heterocycles. The maximum atomic E-state index is 13.2. The topological polar surface area (TPSA) is 66.6 Å². The average molecular weight is 372 g/mol. The van der Waals surface area contributed by atoms with Crippen molar-refractivity contribution < 1.29 is 14.0 Å². The van der Waals surface area contributed by atoms with Gasteiger partial charge in [-0.05, 0) is 37.5 Å². The van der Waals surface area contributed by atoms with Crippen molar-refractivity contribution in [1.29, 1.82) is 0 Å². The van der Waals surface area contributed by atoms with E-state index in [-0.39, 0.29) is 42.5 Å². The molecule has 0 saturated carbocycles. The molecule has 1 atom stereocenters. The van der Waals surface area contributed by atoms with E-state index >= 15 is 0 Å². The molecule has 1 aromatic rings. The summed E-state index contributed by atoms with van der Waals surface area (Å²) in [6, 6.07) is 6.14. The van der Waals surface area contributed by atoms with Crippen LogP contribution in [-0.4, -0.2) is 53.8 Å². The largest absolute Gasteiger partial charge is 0.341 e. The van der Waals surface area contributed by atoms with Crippen LogP contribution in [0, 0.1) is 5.82 Å². The summed E-state index contributed by atoms with van der Waals surface area (Å²) in [6.07, 6.45) is 2.08. The third-order valence-electron chi connectivity index (χ3n) is 4.26. The predicted molar refractivity (Wildman–Crippen MR) is 98.0 cm³/mol. The molecule has 2 N–H and O–H groups in total. The van der Waals surface area contributed by atoms with Crippen molar-refractivity contribution in [2.45, 2.75) is 38.6 Å². The number of carbonyl (C=O) groups is 2. The van der Waals surface area contributed by atoms with Gasteiger partial charge in [0, 0.05) is 38.6 Å². The van der Waals surface area contributed by atoms with E-state index in [1.807, 2.05) is 11.8 Å². The van der Waals surface area contributed by atoms with Crippen molar-refractivity contribution in [2.75, 3.05) is 26.2 Å². The number of hydrogen-bond donors (Lipinski definition) is 1. The fourth-order valence-electron chi connectivity index (χ4n) is 2.86. The first-order chi connectivity index (χ1) is 11.5. The van der Waals surface area contributed by atoms with E-state index in [0.29, 0.717) is 44.6 Å². The lowest BCUT2D eigenvalue weighted by Crippen LogP contribution is -2.38. The second kappa shape index (κ2) is 10.4. The molecule has 0 aliphatic carbocycles. The molecule has 0 bridgehead atoms. The molecule has 140 valence electrons. The van der Waals surface area contributed by atoms with Crippen molar-refractivity contribution in [2.24, 2.45) is 5.73 Å². The summed E-state index contributed by atoms with van der Waals surface area (Å²) in [5.41, 5.74) is 6.37. The summed E-state index contributed by atoms with van der Waals surface area (Å²) in [6.45, 7) is 4.26. The van der Waals surface area contributed by atoms with E-state index in [1.165, 1.54) is 12.1 Å². The van der Waals surface area contributed by atoms with Gasteiger partial charge in [0.1, 0.15) is 5.82 Å². The Morgan fingerprint density at radius 1 is 1.16 bits per heavy atom. The lowest BCUT2D eigenvalue weighted by atomic mass is 10.1. The second-order valence-corrected chi connectivity index (χ2v) is 6.44. The Morgan fingerprint density at radius 3 is 2.40 bits per heavy atom. The van der Waals surface area contributed by atoms with Gasteiger partial charge in [-0.15, -0.1) is 12.4 Å². The van der Waals surface area contributed by atoms with Crippen LogP contribution in [0.1, 0.15) is 31.7 Å². The molecule has 25 heavy (non-hydrogen) atoms. The molecule has 2 rings (SSSR count). The molecule has 2 amide bonds. The van der Waals surface area contributed by atoms with Crippen LogP contribution >= 0.6 is 12.4 Å². The van der Waals surface area contributed by atoms with Crippen molar-refractivity contribution in [3.63, 3.8) is 0 Å². The molecule has 1 saturated heterocycles.